The van der Waals surface area contributed by atoms with E-state index in [-0.39, 0.29) is 12.5 Å². The Morgan fingerprint density at radius 2 is 1.80 bits per heavy atom. The van der Waals surface area contributed by atoms with Gasteiger partial charge in [0.05, 0.1) is 5.71 Å². The molecule has 0 radical (unpaired) electrons. The van der Waals surface area contributed by atoms with Gasteiger partial charge in [0, 0.05) is 5.02 Å². The van der Waals surface area contributed by atoms with E-state index < -0.39 is 0 Å². The highest BCUT2D eigenvalue weighted by atomic mass is 35.5. The molecule has 4 nitrogen and oxygen atoms in total. The number of carbonyl (C=O) groups excluding carboxylic acids is 1. The summed E-state index contributed by atoms with van der Waals surface area (Å²) < 4.78 is 5.54. The van der Waals surface area contributed by atoms with Gasteiger partial charge in [-0.25, -0.2) is 5.43 Å². The minimum atomic E-state index is -0.296. The quantitative estimate of drug-likeness (QED) is 0.578. The zero-order valence-corrected chi connectivity index (χ0v) is 15.6. The average Bonchev–Trinajstić information content (AvgIpc) is 2.62. The summed E-state index contributed by atoms with van der Waals surface area (Å²) >= 11 is 6.13. The van der Waals surface area contributed by atoms with E-state index >= 15 is 0 Å². The molecule has 2 aromatic rings. The van der Waals surface area contributed by atoms with Gasteiger partial charge in [0.2, 0.25) is 0 Å². The predicted molar refractivity (Wildman–Crippen MR) is 102 cm³/mol. The van der Waals surface area contributed by atoms with Crippen LogP contribution in [0.25, 0.3) is 0 Å². The third kappa shape index (κ3) is 5.61. The van der Waals surface area contributed by atoms with Crippen LogP contribution in [0.4, 0.5) is 0 Å². The lowest BCUT2D eigenvalue weighted by molar-refractivity contribution is -0.123. The summed E-state index contributed by atoms with van der Waals surface area (Å²) in [5.74, 6) is 0.324. The van der Waals surface area contributed by atoms with E-state index in [0.717, 1.165) is 35.2 Å². The van der Waals surface area contributed by atoms with Crippen molar-refractivity contribution in [2.45, 2.75) is 33.6 Å². The maximum atomic E-state index is 12.0. The predicted octanol–water partition coefficient (Wildman–Crippen LogP) is 4.66. The molecule has 5 heteroatoms. The molecule has 0 saturated heterocycles. The number of nitrogens with zero attached hydrogens (tertiary/aromatic N) is 1. The number of hydrazone groups is 1. The first kappa shape index (κ1) is 19.0. The lowest BCUT2D eigenvalue weighted by atomic mass is 10.1. The van der Waals surface area contributed by atoms with E-state index in [0.29, 0.717) is 10.8 Å². The zero-order valence-electron chi connectivity index (χ0n) is 14.8. The van der Waals surface area contributed by atoms with Gasteiger partial charge in [0.15, 0.2) is 6.61 Å². The third-order valence-electron chi connectivity index (χ3n) is 3.69. The largest absolute Gasteiger partial charge is 0.484 e. The molecule has 0 spiro atoms. The number of rotatable bonds is 7. The third-order valence-corrected chi connectivity index (χ3v) is 4.29. The molecule has 0 unspecified atom stereocenters. The Balaban J connectivity index is 1.97. The molecule has 0 aliphatic carbocycles. The van der Waals surface area contributed by atoms with Crippen LogP contribution in [-0.4, -0.2) is 18.2 Å². The number of benzene rings is 2. The van der Waals surface area contributed by atoms with E-state index in [4.69, 9.17) is 16.3 Å². The summed E-state index contributed by atoms with van der Waals surface area (Å²) in [6.45, 7) is 5.79. The summed E-state index contributed by atoms with van der Waals surface area (Å²) in [6.07, 6.45) is 1.74. The number of carbonyl (C=O) groups is 1. The van der Waals surface area contributed by atoms with Crippen molar-refractivity contribution in [1.82, 2.24) is 5.43 Å². The van der Waals surface area contributed by atoms with Gasteiger partial charge >= 0.3 is 0 Å². The smallest absolute Gasteiger partial charge is 0.277 e. The molecule has 132 valence electrons. The van der Waals surface area contributed by atoms with E-state index in [2.05, 4.69) is 17.5 Å². The van der Waals surface area contributed by atoms with Crippen LogP contribution in [0.3, 0.4) is 0 Å². The van der Waals surface area contributed by atoms with Crippen molar-refractivity contribution in [2.24, 2.45) is 5.10 Å². The molecule has 2 aromatic carbocycles. The van der Waals surface area contributed by atoms with Crippen molar-refractivity contribution < 1.29 is 9.53 Å². The van der Waals surface area contributed by atoms with Crippen molar-refractivity contribution >= 4 is 23.2 Å². The average molecular weight is 359 g/mol. The summed E-state index contributed by atoms with van der Waals surface area (Å²) in [6, 6.07) is 13.5. The molecule has 0 bridgehead atoms. The molecular formula is C20H23ClN2O2. The van der Waals surface area contributed by atoms with Crippen molar-refractivity contribution in [2.75, 3.05) is 6.61 Å². The first-order chi connectivity index (χ1) is 12.0. The normalized spacial score (nSPS) is 11.3. The highest BCUT2D eigenvalue weighted by molar-refractivity contribution is 6.32. The Bertz CT molecular complexity index is 735. The highest BCUT2D eigenvalue weighted by Crippen LogP contribution is 2.25. The number of ether oxygens (including phenoxy) is 1. The van der Waals surface area contributed by atoms with E-state index in [1.807, 2.05) is 56.3 Å². The van der Waals surface area contributed by atoms with Gasteiger partial charge in [-0.2, -0.15) is 5.10 Å². The number of hydrogen-bond donors (Lipinski definition) is 1. The molecule has 0 atom stereocenters. The van der Waals surface area contributed by atoms with Crippen molar-refractivity contribution in [3.8, 4) is 5.75 Å². The number of hydrogen-bond acceptors (Lipinski definition) is 3. The molecule has 0 fully saturated rings. The summed E-state index contributed by atoms with van der Waals surface area (Å²) in [5.41, 5.74) is 6.28. The fraction of sp³-hybridized carbons (Fsp3) is 0.300. The number of amides is 1. The molecule has 25 heavy (non-hydrogen) atoms. The highest BCUT2D eigenvalue weighted by Gasteiger charge is 2.07. The van der Waals surface area contributed by atoms with Crippen LogP contribution in [0.15, 0.2) is 47.6 Å². The molecule has 1 N–H and O–H groups in total. The molecule has 0 aromatic heterocycles. The minimum absolute atomic E-state index is 0.0990. The van der Waals surface area contributed by atoms with Gasteiger partial charge in [-0.05, 0) is 49.1 Å². The van der Waals surface area contributed by atoms with Gasteiger partial charge < -0.3 is 4.74 Å². The molecule has 0 saturated carbocycles. The van der Waals surface area contributed by atoms with Gasteiger partial charge in [-0.1, -0.05) is 55.3 Å². The monoisotopic (exact) mass is 358 g/mol. The molecule has 1 amide bonds. The lowest BCUT2D eigenvalue weighted by Gasteiger charge is -2.10. The summed E-state index contributed by atoms with van der Waals surface area (Å²) in [7, 11) is 0. The molecular weight excluding hydrogens is 336 g/mol. The van der Waals surface area contributed by atoms with E-state index in [9.17, 15) is 4.79 Å². The van der Waals surface area contributed by atoms with Crippen LogP contribution < -0.4 is 10.2 Å². The second-order valence-electron chi connectivity index (χ2n) is 5.87. The lowest BCUT2D eigenvalue weighted by Crippen LogP contribution is -2.26. The number of nitrogens with one attached hydrogen (secondary N) is 1. The zero-order chi connectivity index (χ0) is 18.2. The van der Waals surface area contributed by atoms with Crippen LogP contribution in [0.5, 0.6) is 5.75 Å². The standard InChI is InChI=1S/C20H23ClN2O2/c1-4-8-18(16-9-6-5-7-10-16)22-23-19(24)13-25-17-11-14(2)20(21)15(3)12-17/h5-7,9-12H,4,8,13H2,1-3H3,(H,23,24)/b22-18+. The fourth-order valence-corrected chi connectivity index (χ4v) is 2.54. The fourth-order valence-electron chi connectivity index (χ4n) is 2.43. The Morgan fingerprint density at radius 1 is 1.16 bits per heavy atom. The van der Waals surface area contributed by atoms with Gasteiger partial charge in [-0.3, -0.25) is 4.79 Å². The summed E-state index contributed by atoms with van der Waals surface area (Å²) in [4.78, 5) is 12.0. The molecule has 2 rings (SSSR count). The Labute approximate surface area is 153 Å². The Morgan fingerprint density at radius 3 is 2.40 bits per heavy atom. The Hall–Kier alpha value is -2.33. The number of halogens is 1. The van der Waals surface area contributed by atoms with Crippen LogP contribution in [0.2, 0.25) is 5.02 Å². The minimum Gasteiger partial charge on any atom is -0.484 e. The maximum absolute atomic E-state index is 12.0. The number of aryl methyl sites for hydroxylation is 2. The molecule has 0 aliphatic rings. The second kappa shape index (κ2) is 9.23. The van der Waals surface area contributed by atoms with E-state index in [1.54, 1.807) is 0 Å². The van der Waals surface area contributed by atoms with Crippen LogP contribution in [0.1, 0.15) is 36.5 Å². The van der Waals surface area contributed by atoms with Crippen LogP contribution in [-0.2, 0) is 4.79 Å². The second-order valence-corrected chi connectivity index (χ2v) is 6.25. The van der Waals surface area contributed by atoms with Gasteiger partial charge in [0.1, 0.15) is 5.75 Å². The first-order valence-electron chi connectivity index (χ1n) is 8.31. The van der Waals surface area contributed by atoms with Gasteiger partial charge in [0.25, 0.3) is 5.91 Å². The van der Waals surface area contributed by atoms with Crippen molar-refractivity contribution in [3.63, 3.8) is 0 Å². The topological polar surface area (TPSA) is 50.7 Å². The van der Waals surface area contributed by atoms with Crippen LogP contribution in [0, 0.1) is 13.8 Å². The van der Waals surface area contributed by atoms with Crippen molar-refractivity contribution in [3.05, 3.63) is 64.2 Å². The van der Waals surface area contributed by atoms with E-state index in [1.165, 1.54) is 0 Å². The van der Waals surface area contributed by atoms with Crippen LogP contribution >= 0.6 is 11.6 Å². The molecule has 0 aliphatic heterocycles. The first-order valence-corrected chi connectivity index (χ1v) is 8.69. The Kier molecular flexibility index (Phi) is 7.02. The molecule has 0 heterocycles. The maximum Gasteiger partial charge on any atom is 0.277 e. The summed E-state index contributed by atoms with van der Waals surface area (Å²) in [5, 5.41) is 4.98. The van der Waals surface area contributed by atoms with Crippen molar-refractivity contribution in [1.29, 1.82) is 0 Å². The SMILES string of the molecule is CCC/C(=N\NC(=O)COc1cc(C)c(Cl)c(C)c1)c1ccccc1. The van der Waals surface area contributed by atoms with Gasteiger partial charge in [-0.15, -0.1) is 0 Å².